The molecule has 0 bridgehead atoms. The molecule has 2 aromatic rings. The summed E-state index contributed by atoms with van der Waals surface area (Å²) in [6, 6.07) is 11.2. The monoisotopic (exact) mass is 377 g/mol. The Labute approximate surface area is 140 Å². The first-order chi connectivity index (χ1) is 11.0. The molecule has 0 aliphatic heterocycles. The van der Waals surface area contributed by atoms with E-state index in [2.05, 4.69) is 26.5 Å². The van der Waals surface area contributed by atoms with Gasteiger partial charge in [-0.15, -0.1) is 0 Å². The number of nitro groups is 1. The summed E-state index contributed by atoms with van der Waals surface area (Å²) in [5.74, 6) is -0.226. The zero-order valence-electron chi connectivity index (χ0n) is 12.0. The van der Waals surface area contributed by atoms with Gasteiger partial charge in [-0.1, -0.05) is 22.0 Å². The number of nitrogens with zero attached hydrogens (tertiary/aromatic N) is 2. The predicted octanol–water partition coefficient (Wildman–Crippen LogP) is 3.13. The summed E-state index contributed by atoms with van der Waals surface area (Å²) >= 11 is 3.28. The van der Waals surface area contributed by atoms with Gasteiger partial charge in [0.2, 0.25) is 0 Å². The number of ether oxygens (including phenoxy) is 1. The van der Waals surface area contributed by atoms with Crippen LogP contribution in [0.2, 0.25) is 0 Å². The van der Waals surface area contributed by atoms with E-state index in [-0.39, 0.29) is 17.3 Å². The van der Waals surface area contributed by atoms with Crippen molar-refractivity contribution in [1.82, 2.24) is 5.43 Å². The number of nitrogens with one attached hydrogen (secondary N) is 1. The lowest BCUT2D eigenvalue weighted by atomic mass is 10.2. The summed E-state index contributed by atoms with van der Waals surface area (Å²) in [6.07, 6.45) is 1.32. The molecule has 1 N–H and O–H groups in total. The van der Waals surface area contributed by atoms with Gasteiger partial charge in [0, 0.05) is 21.7 Å². The quantitative estimate of drug-likeness (QED) is 0.491. The maximum atomic E-state index is 11.9. The van der Waals surface area contributed by atoms with Crippen LogP contribution in [-0.2, 0) is 0 Å². The van der Waals surface area contributed by atoms with Crippen molar-refractivity contribution in [3.05, 3.63) is 68.2 Å². The van der Waals surface area contributed by atoms with E-state index in [9.17, 15) is 14.9 Å². The summed E-state index contributed by atoms with van der Waals surface area (Å²) in [6.45, 7) is 0. The molecule has 0 heterocycles. The molecule has 118 valence electrons. The molecule has 2 aromatic carbocycles. The molecule has 0 atom stereocenters. The lowest BCUT2D eigenvalue weighted by Gasteiger charge is -2.02. The number of carbonyl (C=O) groups is 1. The number of rotatable bonds is 5. The van der Waals surface area contributed by atoms with Gasteiger partial charge in [0.15, 0.2) is 5.75 Å². The predicted molar refractivity (Wildman–Crippen MR) is 88.9 cm³/mol. The minimum Gasteiger partial charge on any atom is -0.490 e. The summed E-state index contributed by atoms with van der Waals surface area (Å²) in [5.41, 5.74) is 3.10. The highest BCUT2D eigenvalue weighted by Gasteiger charge is 2.14. The van der Waals surface area contributed by atoms with E-state index in [4.69, 9.17) is 4.74 Å². The van der Waals surface area contributed by atoms with Crippen molar-refractivity contribution in [3.63, 3.8) is 0 Å². The summed E-state index contributed by atoms with van der Waals surface area (Å²) in [5, 5.41) is 14.7. The SMILES string of the molecule is COc1ccc(/C=N/NC(=O)c2cccc(Br)c2)cc1[N+](=O)[O-]. The second kappa shape index (κ2) is 7.50. The highest BCUT2D eigenvalue weighted by molar-refractivity contribution is 9.10. The standard InChI is InChI=1S/C15H12BrN3O4/c1-23-14-6-5-10(7-13(14)19(21)22)9-17-18-15(20)11-3-2-4-12(16)8-11/h2-9H,1H3,(H,18,20)/b17-9+. The lowest BCUT2D eigenvalue weighted by Crippen LogP contribution is -2.17. The molecule has 0 fully saturated rings. The van der Waals surface area contributed by atoms with Gasteiger partial charge < -0.3 is 4.74 Å². The van der Waals surface area contributed by atoms with Gasteiger partial charge in [-0.25, -0.2) is 5.43 Å². The number of benzene rings is 2. The van der Waals surface area contributed by atoms with Crippen molar-refractivity contribution in [2.75, 3.05) is 7.11 Å². The van der Waals surface area contributed by atoms with Gasteiger partial charge in [0.25, 0.3) is 5.91 Å². The second-order valence-electron chi connectivity index (χ2n) is 4.40. The number of amides is 1. The van der Waals surface area contributed by atoms with Crippen molar-refractivity contribution in [3.8, 4) is 5.75 Å². The van der Waals surface area contributed by atoms with Crippen LogP contribution < -0.4 is 10.2 Å². The van der Waals surface area contributed by atoms with Crippen molar-refractivity contribution in [2.45, 2.75) is 0 Å². The van der Waals surface area contributed by atoms with Gasteiger partial charge in [0.1, 0.15) is 0 Å². The van der Waals surface area contributed by atoms with Crippen LogP contribution in [0.3, 0.4) is 0 Å². The maximum absolute atomic E-state index is 11.9. The molecule has 0 saturated heterocycles. The third kappa shape index (κ3) is 4.36. The van der Waals surface area contributed by atoms with Crippen molar-refractivity contribution >= 4 is 33.7 Å². The van der Waals surface area contributed by atoms with Gasteiger partial charge >= 0.3 is 5.69 Å². The Morgan fingerprint density at radius 2 is 2.13 bits per heavy atom. The van der Waals surface area contributed by atoms with Crippen LogP contribution >= 0.6 is 15.9 Å². The van der Waals surface area contributed by atoms with Crippen LogP contribution in [-0.4, -0.2) is 24.2 Å². The zero-order chi connectivity index (χ0) is 16.8. The van der Waals surface area contributed by atoms with Crippen LogP contribution in [0, 0.1) is 10.1 Å². The normalized spacial score (nSPS) is 10.5. The van der Waals surface area contributed by atoms with Crippen LogP contribution in [0.25, 0.3) is 0 Å². The lowest BCUT2D eigenvalue weighted by molar-refractivity contribution is -0.385. The number of hydrazone groups is 1. The fourth-order valence-corrected chi connectivity index (χ4v) is 2.19. The van der Waals surface area contributed by atoms with Crippen LogP contribution in [0.4, 0.5) is 5.69 Å². The Bertz CT molecular complexity index is 777. The first-order valence-corrected chi connectivity index (χ1v) is 7.22. The molecule has 0 saturated carbocycles. The Kier molecular flexibility index (Phi) is 5.42. The number of halogens is 1. The summed E-state index contributed by atoms with van der Waals surface area (Å²) in [7, 11) is 1.36. The average Bonchev–Trinajstić information content (AvgIpc) is 2.54. The third-order valence-electron chi connectivity index (χ3n) is 2.87. The Morgan fingerprint density at radius 3 is 2.78 bits per heavy atom. The molecule has 23 heavy (non-hydrogen) atoms. The van der Waals surface area contributed by atoms with Crippen LogP contribution in [0.15, 0.2) is 52.0 Å². The van der Waals surface area contributed by atoms with Crippen molar-refractivity contribution in [2.24, 2.45) is 5.10 Å². The molecule has 0 aliphatic carbocycles. The maximum Gasteiger partial charge on any atom is 0.311 e. The number of carbonyl (C=O) groups excluding carboxylic acids is 1. The van der Waals surface area contributed by atoms with E-state index >= 15 is 0 Å². The molecule has 0 aliphatic rings. The van der Waals surface area contributed by atoms with E-state index in [0.29, 0.717) is 11.1 Å². The Balaban J connectivity index is 2.10. The molecular weight excluding hydrogens is 366 g/mol. The van der Waals surface area contributed by atoms with E-state index < -0.39 is 4.92 Å². The molecule has 2 rings (SSSR count). The number of methoxy groups -OCH3 is 1. The molecular formula is C15H12BrN3O4. The summed E-state index contributed by atoms with van der Waals surface area (Å²) < 4.78 is 5.69. The van der Waals surface area contributed by atoms with E-state index in [1.165, 1.54) is 25.5 Å². The number of nitro benzene ring substituents is 1. The van der Waals surface area contributed by atoms with Gasteiger partial charge in [-0.3, -0.25) is 14.9 Å². The van der Waals surface area contributed by atoms with Gasteiger partial charge in [-0.05, 0) is 30.3 Å². The molecule has 1 amide bonds. The molecule has 7 nitrogen and oxygen atoms in total. The van der Waals surface area contributed by atoms with E-state index in [0.717, 1.165) is 4.47 Å². The first kappa shape index (κ1) is 16.6. The molecule has 0 aromatic heterocycles. The van der Waals surface area contributed by atoms with E-state index in [1.807, 2.05) is 0 Å². The fraction of sp³-hybridized carbons (Fsp3) is 0.0667. The summed E-state index contributed by atoms with van der Waals surface area (Å²) in [4.78, 5) is 22.3. The first-order valence-electron chi connectivity index (χ1n) is 6.42. The Hall–Kier alpha value is -2.74. The fourth-order valence-electron chi connectivity index (χ4n) is 1.79. The molecule has 8 heteroatoms. The largest absolute Gasteiger partial charge is 0.490 e. The average molecular weight is 378 g/mol. The topological polar surface area (TPSA) is 93.8 Å². The molecule has 0 radical (unpaired) electrons. The molecule has 0 unspecified atom stereocenters. The van der Waals surface area contributed by atoms with Crippen LogP contribution in [0.5, 0.6) is 5.75 Å². The number of hydrogen-bond acceptors (Lipinski definition) is 5. The van der Waals surface area contributed by atoms with Crippen molar-refractivity contribution in [1.29, 1.82) is 0 Å². The van der Waals surface area contributed by atoms with Crippen LogP contribution in [0.1, 0.15) is 15.9 Å². The minimum atomic E-state index is -0.545. The second-order valence-corrected chi connectivity index (χ2v) is 5.31. The minimum absolute atomic E-state index is 0.158. The Morgan fingerprint density at radius 1 is 1.35 bits per heavy atom. The van der Waals surface area contributed by atoms with Crippen molar-refractivity contribution < 1.29 is 14.5 Å². The zero-order valence-corrected chi connectivity index (χ0v) is 13.6. The third-order valence-corrected chi connectivity index (χ3v) is 3.36. The smallest absolute Gasteiger partial charge is 0.311 e. The number of hydrogen-bond donors (Lipinski definition) is 1. The van der Waals surface area contributed by atoms with Gasteiger partial charge in [0.05, 0.1) is 18.2 Å². The highest BCUT2D eigenvalue weighted by Crippen LogP contribution is 2.26. The highest BCUT2D eigenvalue weighted by atomic mass is 79.9. The molecule has 0 spiro atoms. The van der Waals surface area contributed by atoms with E-state index in [1.54, 1.807) is 30.3 Å². The van der Waals surface area contributed by atoms with Gasteiger partial charge in [-0.2, -0.15) is 5.10 Å².